The monoisotopic (exact) mass is 482 g/mol. The number of amides is 1. The van der Waals surface area contributed by atoms with Crippen LogP contribution < -0.4 is 10.1 Å². The van der Waals surface area contributed by atoms with E-state index in [0.717, 1.165) is 4.47 Å². The first-order valence-corrected chi connectivity index (χ1v) is 9.97. The summed E-state index contributed by atoms with van der Waals surface area (Å²) in [4.78, 5) is 17.2. The number of carbonyl (C=O) groups is 1. The summed E-state index contributed by atoms with van der Waals surface area (Å²) in [7, 11) is 0. The van der Waals surface area contributed by atoms with Gasteiger partial charge in [0, 0.05) is 29.4 Å². The molecule has 31 heavy (non-hydrogen) atoms. The maximum Gasteiger partial charge on any atom is 0.261 e. The van der Waals surface area contributed by atoms with Crippen LogP contribution in [0.1, 0.15) is 17.3 Å². The topological polar surface area (TPSA) is 86.3 Å². The quantitative estimate of drug-likeness (QED) is 0.420. The van der Waals surface area contributed by atoms with E-state index in [0.29, 0.717) is 28.2 Å². The van der Waals surface area contributed by atoms with Gasteiger partial charge in [0.15, 0.2) is 5.65 Å². The number of ether oxygens (including phenoxy) is 1. The highest BCUT2D eigenvalue weighted by Crippen LogP contribution is 2.37. The average Bonchev–Trinajstić information content (AvgIpc) is 3.33. The van der Waals surface area contributed by atoms with Gasteiger partial charge in [0.1, 0.15) is 23.6 Å². The molecule has 0 fully saturated rings. The second-order valence-corrected chi connectivity index (χ2v) is 7.41. The Labute approximate surface area is 185 Å². The summed E-state index contributed by atoms with van der Waals surface area (Å²) in [6.45, 7) is 1.47. The molecular weight excluding hydrogens is 467 g/mol. The molecule has 4 rings (SSSR count). The first kappa shape index (κ1) is 20.6. The highest BCUT2D eigenvalue weighted by Gasteiger charge is 2.21. The van der Waals surface area contributed by atoms with Gasteiger partial charge in [-0.05, 0) is 24.3 Å². The van der Waals surface area contributed by atoms with Crippen molar-refractivity contribution in [1.29, 1.82) is 0 Å². The van der Waals surface area contributed by atoms with E-state index >= 15 is 0 Å². The molecule has 3 aromatic heterocycles. The molecule has 8 nitrogen and oxygen atoms in total. The minimum absolute atomic E-state index is 0.185. The molecule has 10 heteroatoms. The predicted octanol–water partition coefficient (Wildman–Crippen LogP) is 3.94. The number of alkyl halides is 1. The zero-order chi connectivity index (χ0) is 22.0. The molecular formula is C21H16BrFN6O2. The summed E-state index contributed by atoms with van der Waals surface area (Å²) in [6, 6.07) is 6.79. The summed E-state index contributed by atoms with van der Waals surface area (Å²) in [6.07, 6.45) is 10.2. The first-order chi connectivity index (χ1) is 15.0. The van der Waals surface area contributed by atoms with Crippen LogP contribution in [0, 0.1) is 12.3 Å². The van der Waals surface area contributed by atoms with Gasteiger partial charge >= 0.3 is 0 Å². The fourth-order valence-electron chi connectivity index (χ4n) is 3.03. The SMILES string of the molecule is C#CCn1cc(NC(=O)c2cnn3cccnc23)c(-c2cc(Br)ccc2OC(C)F)n1. The highest BCUT2D eigenvalue weighted by atomic mass is 79.9. The Morgan fingerprint density at radius 1 is 1.45 bits per heavy atom. The van der Waals surface area contributed by atoms with Gasteiger partial charge in [0.05, 0.1) is 18.1 Å². The minimum Gasteiger partial charge on any atom is -0.460 e. The molecule has 1 aromatic carbocycles. The molecule has 0 aliphatic rings. The molecule has 0 spiro atoms. The smallest absolute Gasteiger partial charge is 0.261 e. The van der Waals surface area contributed by atoms with Crippen molar-refractivity contribution in [2.45, 2.75) is 19.8 Å². The number of nitrogens with one attached hydrogen (secondary N) is 1. The van der Waals surface area contributed by atoms with Gasteiger partial charge in [-0.15, -0.1) is 6.42 Å². The zero-order valence-corrected chi connectivity index (χ0v) is 17.9. The Morgan fingerprint density at radius 2 is 2.29 bits per heavy atom. The Morgan fingerprint density at radius 3 is 3.06 bits per heavy atom. The van der Waals surface area contributed by atoms with E-state index in [2.05, 4.69) is 42.3 Å². The van der Waals surface area contributed by atoms with Crippen molar-refractivity contribution in [2.75, 3.05) is 5.32 Å². The molecule has 1 N–H and O–H groups in total. The van der Waals surface area contributed by atoms with Crippen LogP contribution in [0.25, 0.3) is 16.9 Å². The van der Waals surface area contributed by atoms with Crippen molar-refractivity contribution in [1.82, 2.24) is 24.4 Å². The Bertz CT molecular complexity index is 1310. The zero-order valence-electron chi connectivity index (χ0n) is 16.3. The largest absolute Gasteiger partial charge is 0.460 e. The lowest BCUT2D eigenvalue weighted by molar-refractivity contribution is 0.0866. The molecule has 1 amide bonds. The number of rotatable bonds is 6. The van der Waals surface area contributed by atoms with Crippen LogP contribution in [0.2, 0.25) is 0 Å². The van der Waals surface area contributed by atoms with E-state index in [9.17, 15) is 9.18 Å². The summed E-state index contributed by atoms with van der Waals surface area (Å²) < 4.78 is 22.6. The van der Waals surface area contributed by atoms with Gasteiger partial charge in [-0.2, -0.15) is 10.2 Å². The molecule has 0 saturated heterocycles. The number of fused-ring (bicyclic) bond motifs is 1. The van der Waals surface area contributed by atoms with Crippen molar-refractivity contribution in [2.24, 2.45) is 0 Å². The molecule has 4 aromatic rings. The molecule has 0 aliphatic heterocycles. The number of hydrogen-bond acceptors (Lipinski definition) is 5. The van der Waals surface area contributed by atoms with Gasteiger partial charge in [0.25, 0.3) is 5.91 Å². The van der Waals surface area contributed by atoms with Crippen molar-refractivity contribution in [3.05, 3.63) is 59.1 Å². The van der Waals surface area contributed by atoms with Crippen molar-refractivity contribution in [3.63, 3.8) is 0 Å². The standard InChI is InChI=1S/C21H16BrFN6O2/c1-3-8-28-12-17(26-21(30)16-11-25-29-9-4-7-24-20(16)29)19(27-28)15-10-14(22)5-6-18(15)31-13(2)23/h1,4-7,9-13H,8H2,2H3,(H,26,30). The highest BCUT2D eigenvalue weighted by molar-refractivity contribution is 9.10. The molecule has 3 heterocycles. The summed E-state index contributed by atoms with van der Waals surface area (Å²) >= 11 is 3.41. The number of hydrogen-bond donors (Lipinski definition) is 1. The lowest BCUT2D eigenvalue weighted by Crippen LogP contribution is -2.12. The fourth-order valence-corrected chi connectivity index (χ4v) is 3.39. The van der Waals surface area contributed by atoms with Crippen LogP contribution in [-0.2, 0) is 6.54 Å². The number of halogens is 2. The van der Waals surface area contributed by atoms with Crippen molar-refractivity contribution >= 4 is 33.2 Å². The average molecular weight is 483 g/mol. The Kier molecular flexibility index (Phi) is 5.68. The first-order valence-electron chi connectivity index (χ1n) is 9.17. The van der Waals surface area contributed by atoms with E-state index in [1.165, 1.54) is 22.3 Å². The van der Waals surface area contributed by atoms with E-state index in [4.69, 9.17) is 11.2 Å². The summed E-state index contributed by atoms with van der Waals surface area (Å²) in [5.41, 5.74) is 1.95. The van der Waals surface area contributed by atoms with Crippen LogP contribution in [0.4, 0.5) is 10.1 Å². The molecule has 1 atom stereocenters. The van der Waals surface area contributed by atoms with Gasteiger partial charge in [-0.1, -0.05) is 21.9 Å². The molecule has 0 saturated carbocycles. The third-order valence-electron chi connectivity index (χ3n) is 4.27. The third kappa shape index (κ3) is 4.27. The number of anilines is 1. The number of terminal acetylenes is 1. The molecule has 0 radical (unpaired) electrons. The van der Waals surface area contributed by atoms with E-state index in [1.807, 2.05) is 0 Å². The van der Waals surface area contributed by atoms with Gasteiger partial charge in [-0.25, -0.2) is 13.9 Å². The maximum absolute atomic E-state index is 13.6. The Balaban J connectivity index is 1.77. The molecule has 1 unspecified atom stereocenters. The normalized spacial score (nSPS) is 11.8. The lowest BCUT2D eigenvalue weighted by atomic mass is 10.1. The van der Waals surface area contributed by atoms with Crippen LogP contribution in [0.5, 0.6) is 5.75 Å². The number of aromatic nitrogens is 5. The molecule has 156 valence electrons. The Hall–Kier alpha value is -3.71. The second-order valence-electron chi connectivity index (χ2n) is 6.49. The van der Waals surface area contributed by atoms with Crippen LogP contribution in [0.3, 0.4) is 0 Å². The van der Waals surface area contributed by atoms with E-state index < -0.39 is 12.3 Å². The number of carbonyl (C=O) groups excluding carboxylic acids is 1. The summed E-state index contributed by atoms with van der Waals surface area (Å²) in [5, 5.41) is 11.4. The lowest BCUT2D eigenvalue weighted by Gasteiger charge is -2.13. The molecule has 0 bridgehead atoms. The third-order valence-corrected chi connectivity index (χ3v) is 4.77. The maximum atomic E-state index is 13.6. The van der Waals surface area contributed by atoms with Crippen LogP contribution in [0.15, 0.2) is 53.5 Å². The number of benzene rings is 1. The summed E-state index contributed by atoms with van der Waals surface area (Å²) in [5.74, 6) is 2.35. The van der Waals surface area contributed by atoms with Crippen LogP contribution >= 0.6 is 15.9 Å². The van der Waals surface area contributed by atoms with Gasteiger partial charge < -0.3 is 10.1 Å². The van der Waals surface area contributed by atoms with Crippen molar-refractivity contribution < 1.29 is 13.9 Å². The predicted molar refractivity (Wildman–Crippen MR) is 116 cm³/mol. The minimum atomic E-state index is -1.53. The molecule has 0 aliphatic carbocycles. The van der Waals surface area contributed by atoms with Gasteiger partial charge in [-0.3, -0.25) is 9.48 Å². The number of nitrogens with zero attached hydrogens (tertiary/aromatic N) is 5. The van der Waals surface area contributed by atoms with Crippen LogP contribution in [-0.4, -0.2) is 36.6 Å². The van der Waals surface area contributed by atoms with E-state index in [-0.39, 0.29) is 12.3 Å². The van der Waals surface area contributed by atoms with E-state index in [1.54, 1.807) is 42.9 Å². The van der Waals surface area contributed by atoms with Crippen molar-refractivity contribution in [3.8, 4) is 29.4 Å². The van der Waals surface area contributed by atoms with Gasteiger partial charge in [0.2, 0.25) is 6.36 Å². The fraction of sp³-hybridized carbons (Fsp3) is 0.143. The second kappa shape index (κ2) is 8.57.